The van der Waals surface area contributed by atoms with Crippen LogP contribution in [0.1, 0.15) is 11.1 Å². The summed E-state index contributed by atoms with van der Waals surface area (Å²) in [5.74, 6) is -1.11. The molecular formula is C17H18ClFN2O3S. The molecule has 0 saturated carbocycles. The third-order valence-corrected chi connectivity index (χ3v) is 4.84. The van der Waals surface area contributed by atoms with Crippen LogP contribution >= 0.6 is 11.6 Å². The summed E-state index contributed by atoms with van der Waals surface area (Å²) in [5, 5.41) is 2.71. The predicted octanol–water partition coefficient (Wildman–Crippen LogP) is 3.50. The van der Waals surface area contributed by atoms with Gasteiger partial charge in [-0.05, 0) is 49.2 Å². The fourth-order valence-corrected chi connectivity index (χ4v) is 3.88. The summed E-state index contributed by atoms with van der Waals surface area (Å²) in [6.45, 7) is 3.08. The molecule has 0 aliphatic rings. The molecule has 0 heterocycles. The molecule has 1 amide bonds. The van der Waals surface area contributed by atoms with E-state index in [2.05, 4.69) is 5.32 Å². The van der Waals surface area contributed by atoms with Crippen LogP contribution in [0.5, 0.6) is 0 Å². The molecule has 0 radical (unpaired) electrons. The van der Waals surface area contributed by atoms with E-state index in [0.717, 1.165) is 22.2 Å². The third kappa shape index (κ3) is 4.93. The van der Waals surface area contributed by atoms with Crippen molar-refractivity contribution in [2.45, 2.75) is 13.8 Å². The number of halogens is 2. The van der Waals surface area contributed by atoms with Crippen molar-refractivity contribution in [1.82, 2.24) is 0 Å². The Labute approximate surface area is 151 Å². The Balaban J connectivity index is 2.33. The zero-order valence-corrected chi connectivity index (χ0v) is 15.6. The van der Waals surface area contributed by atoms with Gasteiger partial charge in [0, 0.05) is 5.69 Å². The minimum Gasteiger partial charge on any atom is -0.324 e. The van der Waals surface area contributed by atoms with Crippen LogP contribution in [-0.2, 0) is 14.8 Å². The minimum atomic E-state index is -3.76. The summed E-state index contributed by atoms with van der Waals surface area (Å²) in [4.78, 5) is 12.3. The van der Waals surface area contributed by atoms with E-state index in [4.69, 9.17) is 11.6 Å². The van der Waals surface area contributed by atoms with Crippen molar-refractivity contribution < 1.29 is 17.6 Å². The lowest BCUT2D eigenvalue weighted by Gasteiger charge is -2.25. The van der Waals surface area contributed by atoms with Crippen LogP contribution in [0.15, 0.2) is 36.4 Å². The number of anilines is 2. The number of nitrogens with one attached hydrogen (secondary N) is 1. The predicted molar refractivity (Wildman–Crippen MR) is 98.1 cm³/mol. The quantitative estimate of drug-likeness (QED) is 0.857. The molecule has 0 aliphatic carbocycles. The number of carbonyl (C=O) groups excluding carboxylic acids is 1. The monoisotopic (exact) mass is 384 g/mol. The molecule has 0 bridgehead atoms. The first-order chi connectivity index (χ1) is 11.6. The summed E-state index contributed by atoms with van der Waals surface area (Å²) >= 11 is 6.21. The Morgan fingerprint density at radius 3 is 2.48 bits per heavy atom. The standard InChI is InChI=1S/C17H18ClFN2O3S/c1-11-7-12(2)17(15(18)8-11)21(25(3,23)24)10-16(22)20-14-6-4-5-13(19)9-14/h4-9H,10H2,1-3H3,(H,20,22). The topological polar surface area (TPSA) is 66.5 Å². The van der Waals surface area contributed by atoms with Crippen molar-refractivity contribution in [2.75, 3.05) is 22.4 Å². The van der Waals surface area contributed by atoms with Gasteiger partial charge in [0.05, 0.1) is 17.0 Å². The highest BCUT2D eigenvalue weighted by Crippen LogP contribution is 2.32. The van der Waals surface area contributed by atoms with E-state index in [1.807, 2.05) is 6.92 Å². The zero-order chi connectivity index (χ0) is 18.8. The van der Waals surface area contributed by atoms with Crippen LogP contribution in [0.4, 0.5) is 15.8 Å². The third-order valence-electron chi connectivity index (χ3n) is 3.44. The molecule has 8 heteroatoms. The lowest BCUT2D eigenvalue weighted by Crippen LogP contribution is -2.38. The van der Waals surface area contributed by atoms with E-state index in [-0.39, 0.29) is 16.4 Å². The molecule has 2 aromatic carbocycles. The van der Waals surface area contributed by atoms with Crippen LogP contribution in [0.3, 0.4) is 0 Å². The molecule has 25 heavy (non-hydrogen) atoms. The van der Waals surface area contributed by atoms with Gasteiger partial charge >= 0.3 is 0 Å². The van der Waals surface area contributed by atoms with Gasteiger partial charge in [-0.25, -0.2) is 12.8 Å². The number of nitrogens with zero attached hydrogens (tertiary/aromatic N) is 1. The highest BCUT2D eigenvalue weighted by atomic mass is 35.5. The van der Waals surface area contributed by atoms with Gasteiger partial charge in [-0.1, -0.05) is 23.7 Å². The Kier molecular flexibility index (Phi) is 5.69. The molecule has 0 fully saturated rings. The first kappa shape index (κ1) is 19.2. The molecule has 2 aromatic rings. The maximum absolute atomic E-state index is 13.2. The number of aryl methyl sites for hydroxylation is 2. The van der Waals surface area contributed by atoms with Crippen molar-refractivity contribution in [3.63, 3.8) is 0 Å². The zero-order valence-electron chi connectivity index (χ0n) is 14.0. The smallest absolute Gasteiger partial charge is 0.245 e. The molecule has 134 valence electrons. The number of benzene rings is 2. The van der Waals surface area contributed by atoms with E-state index < -0.39 is 28.3 Å². The average Bonchev–Trinajstić information content (AvgIpc) is 2.44. The second kappa shape index (κ2) is 7.41. The molecule has 0 saturated heterocycles. The Bertz CT molecular complexity index is 893. The van der Waals surface area contributed by atoms with Crippen LogP contribution < -0.4 is 9.62 Å². The number of rotatable bonds is 5. The van der Waals surface area contributed by atoms with Crippen LogP contribution in [-0.4, -0.2) is 27.1 Å². The average molecular weight is 385 g/mol. The van der Waals surface area contributed by atoms with Gasteiger partial charge in [-0.3, -0.25) is 9.10 Å². The molecule has 0 atom stereocenters. The Morgan fingerprint density at radius 1 is 1.24 bits per heavy atom. The summed E-state index contributed by atoms with van der Waals surface area (Å²) in [5.41, 5.74) is 2.01. The molecule has 0 aliphatic heterocycles. The summed E-state index contributed by atoms with van der Waals surface area (Å²) in [6.07, 6.45) is 0.998. The van der Waals surface area contributed by atoms with E-state index in [0.29, 0.717) is 5.56 Å². The number of hydrogen-bond donors (Lipinski definition) is 1. The van der Waals surface area contributed by atoms with E-state index in [9.17, 15) is 17.6 Å². The van der Waals surface area contributed by atoms with Gasteiger partial charge < -0.3 is 5.32 Å². The summed E-state index contributed by atoms with van der Waals surface area (Å²) in [6, 6.07) is 8.76. The highest BCUT2D eigenvalue weighted by molar-refractivity contribution is 7.92. The molecule has 5 nitrogen and oxygen atoms in total. The first-order valence-corrected chi connectivity index (χ1v) is 9.60. The SMILES string of the molecule is Cc1cc(C)c(N(CC(=O)Nc2cccc(F)c2)S(C)(=O)=O)c(Cl)c1. The van der Waals surface area contributed by atoms with Gasteiger partial charge in [-0.2, -0.15) is 0 Å². The van der Waals surface area contributed by atoms with E-state index >= 15 is 0 Å². The van der Waals surface area contributed by atoms with Gasteiger partial charge in [0.1, 0.15) is 12.4 Å². The Morgan fingerprint density at radius 2 is 1.92 bits per heavy atom. The van der Waals surface area contributed by atoms with E-state index in [1.165, 1.54) is 18.2 Å². The number of sulfonamides is 1. The highest BCUT2D eigenvalue weighted by Gasteiger charge is 2.25. The van der Waals surface area contributed by atoms with Crippen LogP contribution in [0.25, 0.3) is 0 Å². The molecule has 0 unspecified atom stereocenters. The minimum absolute atomic E-state index is 0.237. The molecule has 0 spiro atoms. The second-order valence-corrected chi connectivity index (χ2v) is 8.05. The fourth-order valence-electron chi connectivity index (χ4n) is 2.48. The van der Waals surface area contributed by atoms with Gasteiger partial charge in [-0.15, -0.1) is 0 Å². The molecule has 2 rings (SSSR count). The van der Waals surface area contributed by atoms with Crippen molar-refractivity contribution in [3.05, 3.63) is 58.4 Å². The number of carbonyl (C=O) groups is 1. The fraction of sp³-hybridized carbons (Fsp3) is 0.235. The van der Waals surface area contributed by atoms with Gasteiger partial charge in [0.2, 0.25) is 15.9 Å². The van der Waals surface area contributed by atoms with Crippen molar-refractivity contribution in [2.24, 2.45) is 0 Å². The second-order valence-electron chi connectivity index (χ2n) is 5.74. The molecule has 1 N–H and O–H groups in total. The maximum Gasteiger partial charge on any atom is 0.245 e. The normalized spacial score (nSPS) is 11.2. The molecule has 0 aromatic heterocycles. The lowest BCUT2D eigenvalue weighted by molar-refractivity contribution is -0.114. The van der Waals surface area contributed by atoms with Gasteiger partial charge in [0.25, 0.3) is 0 Å². The summed E-state index contributed by atoms with van der Waals surface area (Å²) in [7, 11) is -3.76. The Hall–Kier alpha value is -2.12. The largest absolute Gasteiger partial charge is 0.324 e. The summed E-state index contributed by atoms with van der Waals surface area (Å²) < 4.78 is 38.5. The number of amides is 1. The van der Waals surface area contributed by atoms with Crippen molar-refractivity contribution >= 4 is 38.9 Å². The van der Waals surface area contributed by atoms with E-state index in [1.54, 1.807) is 19.1 Å². The first-order valence-electron chi connectivity index (χ1n) is 7.38. The van der Waals surface area contributed by atoms with Crippen molar-refractivity contribution in [1.29, 1.82) is 0 Å². The van der Waals surface area contributed by atoms with Crippen molar-refractivity contribution in [3.8, 4) is 0 Å². The van der Waals surface area contributed by atoms with Crippen LogP contribution in [0.2, 0.25) is 5.02 Å². The van der Waals surface area contributed by atoms with Crippen LogP contribution in [0, 0.1) is 19.7 Å². The number of hydrogen-bond acceptors (Lipinski definition) is 3. The van der Waals surface area contributed by atoms with Gasteiger partial charge in [0.15, 0.2) is 0 Å². The lowest BCUT2D eigenvalue weighted by atomic mass is 10.1. The molecular weight excluding hydrogens is 367 g/mol. The maximum atomic E-state index is 13.2.